The van der Waals surface area contributed by atoms with Crippen LogP contribution in [0.2, 0.25) is 0 Å². The summed E-state index contributed by atoms with van der Waals surface area (Å²) in [6.45, 7) is 1.58. The monoisotopic (exact) mass is 383 g/mol. The van der Waals surface area contributed by atoms with Crippen molar-refractivity contribution in [2.75, 3.05) is 20.2 Å². The molecule has 0 spiro atoms. The van der Waals surface area contributed by atoms with Gasteiger partial charge < -0.3 is 20.4 Å². The molecule has 0 saturated heterocycles. The molecular formula is C19H25N7O2. The van der Waals surface area contributed by atoms with Crippen molar-refractivity contribution in [3.05, 3.63) is 36.7 Å². The number of fused-ring (bicyclic) bond motifs is 1. The first-order valence-corrected chi connectivity index (χ1v) is 9.65. The van der Waals surface area contributed by atoms with Gasteiger partial charge in [0.1, 0.15) is 6.33 Å². The van der Waals surface area contributed by atoms with Crippen molar-refractivity contribution in [2.24, 2.45) is 0 Å². The maximum absolute atomic E-state index is 13.0. The number of carbonyl (C=O) groups is 1. The van der Waals surface area contributed by atoms with Crippen LogP contribution >= 0.6 is 0 Å². The van der Waals surface area contributed by atoms with Gasteiger partial charge in [-0.15, -0.1) is 0 Å². The van der Waals surface area contributed by atoms with Crippen LogP contribution in [0.5, 0.6) is 0 Å². The lowest BCUT2D eigenvalue weighted by atomic mass is 9.93. The van der Waals surface area contributed by atoms with Gasteiger partial charge in [0.25, 0.3) is 5.91 Å². The highest BCUT2D eigenvalue weighted by molar-refractivity contribution is 6.03. The molecule has 0 unspecified atom stereocenters. The fourth-order valence-corrected chi connectivity index (χ4v) is 3.55. The van der Waals surface area contributed by atoms with Crippen molar-refractivity contribution in [2.45, 2.75) is 37.8 Å². The van der Waals surface area contributed by atoms with Crippen LogP contribution in [0, 0.1) is 0 Å². The highest BCUT2D eigenvalue weighted by atomic mass is 16.5. The van der Waals surface area contributed by atoms with Gasteiger partial charge in [-0.3, -0.25) is 9.36 Å². The fraction of sp³-hybridized carbons (Fsp3) is 0.474. The summed E-state index contributed by atoms with van der Waals surface area (Å²) in [4.78, 5) is 29.0. The molecule has 0 aliphatic heterocycles. The van der Waals surface area contributed by atoms with Crippen LogP contribution in [0.15, 0.2) is 31.0 Å². The molecule has 1 fully saturated rings. The van der Waals surface area contributed by atoms with E-state index in [1.165, 1.54) is 0 Å². The maximum Gasteiger partial charge on any atom is 0.272 e. The third-order valence-electron chi connectivity index (χ3n) is 5.06. The van der Waals surface area contributed by atoms with E-state index in [1.807, 2.05) is 13.1 Å². The summed E-state index contributed by atoms with van der Waals surface area (Å²) >= 11 is 0. The lowest BCUT2D eigenvalue weighted by Gasteiger charge is -2.29. The fourth-order valence-electron chi connectivity index (χ4n) is 3.55. The molecular weight excluding hydrogens is 358 g/mol. The maximum atomic E-state index is 13.0. The van der Waals surface area contributed by atoms with Gasteiger partial charge in [-0.1, -0.05) is 0 Å². The van der Waals surface area contributed by atoms with E-state index in [4.69, 9.17) is 4.74 Å². The molecule has 1 saturated carbocycles. The first-order chi connectivity index (χ1) is 13.7. The highest BCUT2D eigenvalue weighted by Crippen LogP contribution is 2.22. The van der Waals surface area contributed by atoms with E-state index >= 15 is 0 Å². The lowest BCUT2D eigenvalue weighted by molar-refractivity contribution is 0.0246. The Morgan fingerprint density at radius 2 is 2.18 bits per heavy atom. The van der Waals surface area contributed by atoms with Crippen LogP contribution in [0.25, 0.3) is 17.0 Å². The number of amides is 1. The van der Waals surface area contributed by atoms with Gasteiger partial charge in [-0.05, 0) is 38.8 Å². The number of aromatic nitrogens is 5. The van der Waals surface area contributed by atoms with Gasteiger partial charge in [-0.2, -0.15) is 0 Å². The minimum atomic E-state index is -0.184. The molecule has 0 atom stereocenters. The summed E-state index contributed by atoms with van der Waals surface area (Å²) in [5, 5.41) is 6.22. The van der Waals surface area contributed by atoms with E-state index in [-0.39, 0.29) is 18.1 Å². The van der Waals surface area contributed by atoms with Gasteiger partial charge in [0.2, 0.25) is 5.95 Å². The molecule has 3 aromatic rings. The minimum Gasteiger partial charge on any atom is -0.377 e. The van der Waals surface area contributed by atoms with Crippen LogP contribution in [-0.2, 0) is 4.74 Å². The van der Waals surface area contributed by atoms with E-state index in [1.54, 1.807) is 29.5 Å². The summed E-state index contributed by atoms with van der Waals surface area (Å²) in [5.74, 6) is 0.243. The normalized spacial score (nSPS) is 19.8. The number of hydrogen-bond donors (Lipinski definition) is 3. The third-order valence-corrected chi connectivity index (χ3v) is 5.06. The molecule has 1 aliphatic carbocycles. The van der Waals surface area contributed by atoms with Crippen LogP contribution in [0.1, 0.15) is 36.2 Å². The number of rotatable bonds is 7. The van der Waals surface area contributed by atoms with E-state index in [0.717, 1.165) is 38.8 Å². The molecule has 3 N–H and O–H groups in total. The summed E-state index contributed by atoms with van der Waals surface area (Å²) in [6, 6.07) is 1.97. The molecule has 3 aromatic heterocycles. The molecule has 0 bridgehead atoms. The summed E-state index contributed by atoms with van der Waals surface area (Å²) < 4.78 is 7.55. The first-order valence-electron chi connectivity index (χ1n) is 9.65. The zero-order valence-electron chi connectivity index (χ0n) is 15.9. The Bertz CT molecular complexity index is 914. The number of ether oxygens (including phenoxy) is 1. The van der Waals surface area contributed by atoms with Gasteiger partial charge >= 0.3 is 0 Å². The predicted octanol–water partition coefficient (Wildman–Crippen LogP) is 1.42. The van der Waals surface area contributed by atoms with Crippen LogP contribution in [-0.4, -0.2) is 62.8 Å². The van der Waals surface area contributed by atoms with E-state index in [2.05, 4.69) is 30.6 Å². The van der Waals surface area contributed by atoms with Crippen LogP contribution < -0.4 is 10.6 Å². The standard InChI is InChI=1S/C19H25N7O2/c1-20-9-11-28-14-4-2-13(3-5-14)23-18(27)17-16-15(6-7-22-16)24-19(25-17)26-10-8-21-12-26/h6-8,10,12-14,20,22H,2-5,9,11H2,1H3,(H,23,27)/t13-,14-. The summed E-state index contributed by atoms with van der Waals surface area (Å²) in [6.07, 6.45) is 10.8. The number of nitrogens with one attached hydrogen (secondary N) is 3. The zero-order valence-corrected chi connectivity index (χ0v) is 15.9. The molecule has 1 aliphatic rings. The quantitative estimate of drug-likeness (QED) is 0.532. The number of H-pyrrole nitrogens is 1. The van der Waals surface area contributed by atoms with Gasteiger partial charge in [0.05, 0.1) is 23.7 Å². The molecule has 9 heteroatoms. The van der Waals surface area contributed by atoms with Crippen molar-refractivity contribution in [3.63, 3.8) is 0 Å². The topological polar surface area (TPSA) is 110 Å². The van der Waals surface area contributed by atoms with E-state index < -0.39 is 0 Å². The van der Waals surface area contributed by atoms with Crippen molar-refractivity contribution >= 4 is 16.9 Å². The van der Waals surface area contributed by atoms with Crippen molar-refractivity contribution < 1.29 is 9.53 Å². The summed E-state index contributed by atoms with van der Waals surface area (Å²) in [7, 11) is 1.92. The summed E-state index contributed by atoms with van der Waals surface area (Å²) in [5.41, 5.74) is 1.70. The van der Waals surface area contributed by atoms with Gasteiger partial charge in [-0.25, -0.2) is 15.0 Å². The molecule has 28 heavy (non-hydrogen) atoms. The molecule has 4 rings (SSSR count). The molecule has 0 aromatic carbocycles. The molecule has 0 radical (unpaired) electrons. The highest BCUT2D eigenvalue weighted by Gasteiger charge is 2.25. The second-order valence-electron chi connectivity index (χ2n) is 7.00. The number of imidazole rings is 1. The van der Waals surface area contributed by atoms with Crippen molar-refractivity contribution in [1.29, 1.82) is 0 Å². The van der Waals surface area contributed by atoms with Crippen LogP contribution in [0.4, 0.5) is 0 Å². The van der Waals surface area contributed by atoms with Gasteiger partial charge in [0, 0.05) is 31.2 Å². The number of carbonyl (C=O) groups excluding carboxylic acids is 1. The second kappa shape index (κ2) is 8.49. The SMILES string of the molecule is CNCCO[C@H]1CC[C@H](NC(=O)c2nc(-n3ccnc3)nc3cc[nH]c23)CC1. The average Bonchev–Trinajstić information content (AvgIpc) is 3.40. The van der Waals surface area contributed by atoms with Crippen molar-refractivity contribution in [1.82, 2.24) is 35.1 Å². The largest absolute Gasteiger partial charge is 0.377 e. The lowest BCUT2D eigenvalue weighted by Crippen LogP contribution is -2.40. The molecule has 3 heterocycles. The van der Waals surface area contributed by atoms with Gasteiger partial charge in [0.15, 0.2) is 5.69 Å². The number of aromatic amines is 1. The Morgan fingerprint density at radius 3 is 2.93 bits per heavy atom. The zero-order chi connectivity index (χ0) is 19.3. The number of nitrogens with zero attached hydrogens (tertiary/aromatic N) is 4. The Balaban J connectivity index is 1.44. The molecule has 1 amide bonds. The first kappa shape index (κ1) is 18.6. The Hall–Kier alpha value is -2.78. The Kier molecular flexibility index (Phi) is 5.63. The average molecular weight is 383 g/mol. The Labute approximate surface area is 162 Å². The number of hydrogen-bond acceptors (Lipinski definition) is 6. The Morgan fingerprint density at radius 1 is 1.32 bits per heavy atom. The molecule has 9 nitrogen and oxygen atoms in total. The second-order valence-corrected chi connectivity index (χ2v) is 7.00. The molecule has 148 valence electrons. The van der Waals surface area contributed by atoms with E-state index in [0.29, 0.717) is 22.7 Å². The number of likely N-dealkylation sites (N-methyl/N-ethyl adjacent to an activating group) is 1. The minimum absolute atomic E-state index is 0.133. The smallest absolute Gasteiger partial charge is 0.272 e. The van der Waals surface area contributed by atoms with E-state index in [9.17, 15) is 4.79 Å². The van der Waals surface area contributed by atoms with Crippen molar-refractivity contribution in [3.8, 4) is 5.95 Å². The third kappa shape index (κ3) is 4.05. The predicted molar refractivity (Wildman–Crippen MR) is 104 cm³/mol. The van der Waals surface area contributed by atoms with Crippen LogP contribution in [0.3, 0.4) is 0 Å².